The monoisotopic (exact) mass is 395 g/mol. The van der Waals surface area contributed by atoms with Gasteiger partial charge in [0, 0.05) is 6.04 Å². The maximum atomic E-state index is 13.7. The van der Waals surface area contributed by atoms with Crippen molar-refractivity contribution < 1.29 is 13.5 Å². The Morgan fingerprint density at radius 3 is 1.85 bits per heavy atom. The van der Waals surface area contributed by atoms with Crippen LogP contribution in [0.4, 0.5) is 0 Å². The standard InChI is InChI=1S/C22H37NO3S/c1-9-10-20(24)21-16(8)23(21)27(25,26)22-18(14(4)5)11-17(13(2)3)12-19(22)15(6)7/h11-16,20-21,24H,9-10H2,1-8H3/t16-,20-,21+,23?/m1/s1. The largest absolute Gasteiger partial charge is 0.391 e. The Kier molecular flexibility index (Phi) is 6.81. The smallest absolute Gasteiger partial charge is 0.244 e. The van der Waals surface area contributed by atoms with E-state index in [1.165, 1.54) is 9.87 Å². The van der Waals surface area contributed by atoms with Gasteiger partial charge in [0.05, 0.1) is 17.0 Å². The van der Waals surface area contributed by atoms with Crippen molar-refractivity contribution in [3.05, 3.63) is 28.8 Å². The summed E-state index contributed by atoms with van der Waals surface area (Å²) < 4.78 is 28.9. The second kappa shape index (κ2) is 8.22. The third kappa shape index (κ3) is 4.25. The van der Waals surface area contributed by atoms with Crippen LogP contribution in [-0.4, -0.2) is 36.0 Å². The summed E-state index contributed by atoms with van der Waals surface area (Å²) in [6.45, 7) is 16.4. The molecule has 1 saturated heterocycles. The Morgan fingerprint density at radius 2 is 1.48 bits per heavy atom. The molecule has 1 aliphatic heterocycles. The van der Waals surface area contributed by atoms with E-state index in [0.717, 1.165) is 17.5 Å². The van der Waals surface area contributed by atoms with Gasteiger partial charge in [0.15, 0.2) is 0 Å². The Bertz CT molecular complexity index is 739. The number of hydrogen-bond donors (Lipinski definition) is 1. The van der Waals surface area contributed by atoms with E-state index in [-0.39, 0.29) is 23.9 Å². The molecule has 1 heterocycles. The minimum Gasteiger partial charge on any atom is -0.391 e. The molecule has 0 spiro atoms. The van der Waals surface area contributed by atoms with E-state index >= 15 is 0 Å². The van der Waals surface area contributed by atoms with Crippen molar-refractivity contribution in [1.29, 1.82) is 0 Å². The summed E-state index contributed by atoms with van der Waals surface area (Å²) >= 11 is 0. The van der Waals surface area contributed by atoms with Crippen LogP contribution in [0.5, 0.6) is 0 Å². The van der Waals surface area contributed by atoms with Gasteiger partial charge in [-0.1, -0.05) is 67.0 Å². The van der Waals surface area contributed by atoms with Crippen molar-refractivity contribution >= 4 is 10.0 Å². The highest BCUT2D eigenvalue weighted by Crippen LogP contribution is 2.43. The third-order valence-electron chi connectivity index (χ3n) is 5.69. The van der Waals surface area contributed by atoms with Crippen molar-refractivity contribution in [2.75, 3.05) is 0 Å². The van der Waals surface area contributed by atoms with Crippen LogP contribution in [0.2, 0.25) is 0 Å². The first kappa shape index (κ1) is 22.4. The maximum absolute atomic E-state index is 13.7. The Labute approximate surface area is 166 Å². The van der Waals surface area contributed by atoms with Crippen molar-refractivity contribution in [2.24, 2.45) is 0 Å². The molecule has 4 nitrogen and oxygen atoms in total. The predicted octanol–water partition coefficient (Wildman–Crippen LogP) is 4.98. The van der Waals surface area contributed by atoms with Gasteiger partial charge >= 0.3 is 0 Å². The number of benzene rings is 1. The van der Waals surface area contributed by atoms with E-state index in [4.69, 9.17) is 0 Å². The normalized spacial score (nSPS) is 24.1. The molecule has 0 amide bonds. The Hall–Kier alpha value is -0.910. The van der Waals surface area contributed by atoms with Gasteiger partial charge in [-0.25, -0.2) is 8.42 Å². The number of rotatable bonds is 8. The van der Waals surface area contributed by atoms with Gasteiger partial charge in [-0.2, -0.15) is 4.31 Å². The molecule has 1 aliphatic rings. The van der Waals surface area contributed by atoms with Crippen LogP contribution in [0, 0.1) is 0 Å². The van der Waals surface area contributed by atoms with Crippen molar-refractivity contribution in [2.45, 2.75) is 109 Å². The average molecular weight is 396 g/mol. The lowest BCUT2D eigenvalue weighted by Gasteiger charge is -2.23. The number of aliphatic hydroxyl groups excluding tert-OH is 1. The van der Waals surface area contributed by atoms with Crippen LogP contribution in [-0.2, 0) is 10.0 Å². The molecular weight excluding hydrogens is 358 g/mol. The zero-order chi connectivity index (χ0) is 20.7. The zero-order valence-electron chi connectivity index (χ0n) is 18.2. The summed E-state index contributed by atoms with van der Waals surface area (Å²) in [6.07, 6.45) is 0.872. The molecule has 1 N–H and O–H groups in total. The van der Waals surface area contributed by atoms with E-state index in [1.54, 1.807) is 0 Å². The summed E-state index contributed by atoms with van der Waals surface area (Å²) in [5, 5.41) is 10.4. The molecule has 0 radical (unpaired) electrons. The molecule has 1 fully saturated rings. The lowest BCUT2D eigenvalue weighted by Crippen LogP contribution is -2.25. The molecule has 0 bridgehead atoms. The molecule has 2 rings (SSSR count). The molecule has 0 aliphatic carbocycles. The topological polar surface area (TPSA) is 57.4 Å². The Morgan fingerprint density at radius 1 is 1.00 bits per heavy atom. The van der Waals surface area contributed by atoms with Gasteiger partial charge in [-0.15, -0.1) is 0 Å². The van der Waals surface area contributed by atoms with Crippen molar-refractivity contribution in [1.82, 2.24) is 4.31 Å². The van der Waals surface area contributed by atoms with Crippen LogP contribution in [0.25, 0.3) is 0 Å². The molecule has 0 aromatic heterocycles. The molecule has 1 unspecified atom stereocenters. The summed E-state index contributed by atoms with van der Waals surface area (Å²) in [7, 11) is -3.65. The number of hydrogen-bond acceptors (Lipinski definition) is 3. The summed E-state index contributed by atoms with van der Waals surface area (Å²) in [6, 6.07) is 3.68. The highest BCUT2D eigenvalue weighted by Gasteiger charge is 2.56. The summed E-state index contributed by atoms with van der Waals surface area (Å²) in [4.78, 5) is 0.468. The zero-order valence-corrected chi connectivity index (χ0v) is 19.0. The van der Waals surface area contributed by atoms with E-state index in [1.807, 2.05) is 13.8 Å². The second-order valence-electron chi connectivity index (χ2n) is 8.91. The quantitative estimate of drug-likeness (QED) is 0.632. The van der Waals surface area contributed by atoms with Crippen molar-refractivity contribution in [3.63, 3.8) is 0 Å². The fourth-order valence-corrected chi connectivity index (χ4v) is 6.52. The number of sulfonamides is 1. The van der Waals surface area contributed by atoms with Gasteiger partial charge in [0.1, 0.15) is 0 Å². The van der Waals surface area contributed by atoms with Gasteiger partial charge in [0.2, 0.25) is 10.0 Å². The molecule has 1 aromatic rings. The molecule has 4 atom stereocenters. The second-order valence-corrected chi connectivity index (χ2v) is 10.7. The molecule has 27 heavy (non-hydrogen) atoms. The Balaban J connectivity index is 2.62. The van der Waals surface area contributed by atoms with E-state index in [2.05, 4.69) is 53.7 Å². The van der Waals surface area contributed by atoms with Crippen LogP contribution < -0.4 is 0 Å². The first-order valence-corrected chi connectivity index (χ1v) is 11.8. The van der Waals surface area contributed by atoms with Gasteiger partial charge in [-0.3, -0.25) is 0 Å². The van der Waals surface area contributed by atoms with Crippen LogP contribution >= 0.6 is 0 Å². The molecule has 154 valence electrons. The van der Waals surface area contributed by atoms with Gasteiger partial charge in [-0.05, 0) is 47.8 Å². The minimum absolute atomic E-state index is 0.111. The first-order valence-electron chi connectivity index (χ1n) is 10.3. The van der Waals surface area contributed by atoms with Crippen LogP contribution in [0.1, 0.15) is 103 Å². The lowest BCUT2D eigenvalue weighted by atomic mass is 9.89. The van der Waals surface area contributed by atoms with E-state index < -0.39 is 16.1 Å². The minimum atomic E-state index is -3.65. The predicted molar refractivity (Wildman–Crippen MR) is 112 cm³/mol. The average Bonchev–Trinajstić information content (AvgIpc) is 3.25. The van der Waals surface area contributed by atoms with Crippen LogP contribution in [0.15, 0.2) is 17.0 Å². The third-order valence-corrected chi connectivity index (χ3v) is 7.81. The highest BCUT2D eigenvalue weighted by atomic mass is 32.2. The van der Waals surface area contributed by atoms with Gasteiger partial charge < -0.3 is 5.11 Å². The highest BCUT2D eigenvalue weighted by molar-refractivity contribution is 7.89. The fraction of sp³-hybridized carbons (Fsp3) is 0.727. The molecule has 0 saturated carbocycles. The lowest BCUT2D eigenvalue weighted by molar-refractivity contribution is 0.153. The fourth-order valence-electron chi connectivity index (χ4n) is 3.97. The number of aliphatic hydroxyl groups is 1. The van der Waals surface area contributed by atoms with Gasteiger partial charge in [0.25, 0.3) is 0 Å². The SMILES string of the molecule is CCC[C@@H](O)[C@@H]1[C@@H](C)N1S(=O)(=O)c1c(C(C)C)cc(C(C)C)cc1C(C)C. The summed E-state index contributed by atoms with van der Waals surface area (Å²) in [5.41, 5.74) is 2.98. The maximum Gasteiger partial charge on any atom is 0.244 e. The molecule has 5 heteroatoms. The molecular formula is C22H37NO3S. The van der Waals surface area contributed by atoms with Crippen LogP contribution in [0.3, 0.4) is 0 Å². The first-order chi connectivity index (χ1) is 12.4. The van der Waals surface area contributed by atoms with Crippen molar-refractivity contribution in [3.8, 4) is 0 Å². The molecule has 1 aromatic carbocycles. The van der Waals surface area contributed by atoms with E-state index in [0.29, 0.717) is 17.2 Å². The summed E-state index contributed by atoms with van der Waals surface area (Å²) in [5.74, 6) is 0.566. The van der Waals surface area contributed by atoms with E-state index in [9.17, 15) is 13.5 Å². The number of nitrogens with zero attached hydrogens (tertiary/aromatic N) is 1.